The Hall–Kier alpha value is -1.84. The predicted molar refractivity (Wildman–Crippen MR) is 59.7 cm³/mol. The van der Waals surface area contributed by atoms with Crippen molar-refractivity contribution in [3.8, 4) is 0 Å². The molecule has 1 aliphatic rings. The Morgan fingerprint density at radius 2 is 2.44 bits per heavy atom. The number of aryl methyl sites for hydroxylation is 1. The molecule has 0 radical (unpaired) electrons. The zero-order chi connectivity index (χ0) is 11.5. The summed E-state index contributed by atoms with van der Waals surface area (Å²) in [5, 5.41) is 8.69. The van der Waals surface area contributed by atoms with Crippen LogP contribution in [0.15, 0.2) is 29.3 Å². The molecule has 1 aromatic rings. The third-order valence-electron chi connectivity index (χ3n) is 2.45. The van der Waals surface area contributed by atoms with Gasteiger partial charge in [0.1, 0.15) is 6.10 Å². The Kier molecular flexibility index (Phi) is 2.90. The third kappa shape index (κ3) is 2.39. The van der Waals surface area contributed by atoms with Crippen molar-refractivity contribution in [3.05, 3.63) is 35.4 Å². The van der Waals surface area contributed by atoms with Crippen LogP contribution >= 0.6 is 0 Å². The Bertz CT molecular complexity index is 440. The maximum absolute atomic E-state index is 10.6. The first-order chi connectivity index (χ1) is 7.65. The van der Waals surface area contributed by atoms with Crippen molar-refractivity contribution in [2.45, 2.75) is 19.4 Å². The second-order valence-electron chi connectivity index (χ2n) is 3.88. The summed E-state index contributed by atoms with van der Waals surface area (Å²) in [6.45, 7) is 2.45. The topological polar surface area (TPSA) is 58.9 Å². The van der Waals surface area contributed by atoms with Crippen molar-refractivity contribution in [1.29, 1.82) is 0 Å². The molecule has 2 rings (SSSR count). The molecule has 0 aromatic heterocycles. The first-order valence-electron chi connectivity index (χ1n) is 5.15. The fourth-order valence-corrected chi connectivity index (χ4v) is 1.74. The van der Waals surface area contributed by atoms with E-state index in [1.165, 1.54) is 5.56 Å². The van der Waals surface area contributed by atoms with Crippen LogP contribution < -0.4 is 0 Å². The minimum atomic E-state index is -1.09. The second-order valence-corrected chi connectivity index (χ2v) is 3.88. The molecule has 0 aliphatic carbocycles. The molecule has 1 N–H and O–H groups in total. The lowest BCUT2D eigenvalue weighted by Crippen LogP contribution is -2.20. The van der Waals surface area contributed by atoms with E-state index in [1.807, 2.05) is 25.1 Å². The first kappa shape index (κ1) is 10.7. The first-order valence-corrected chi connectivity index (χ1v) is 5.15. The molecule has 4 heteroatoms. The molecule has 4 nitrogen and oxygen atoms in total. The number of aliphatic carboxylic acids is 1. The van der Waals surface area contributed by atoms with Gasteiger partial charge < -0.3 is 9.84 Å². The number of carboxylic acid groups (broad SMARTS) is 1. The predicted octanol–water partition coefficient (Wildman–Crippen LogP) is 1.42. The molecule has 1 aliphatic heterocycles. The van der Waals surface area contributed by atoms with Crippen molar-refractivity contribution in [2.24, 2.45) is 4.99 Å². The Morgan fingerprint density at radius 3 is 3.06 bits per heavy atom. The molecular weight excluding hydrogens is 206 g/mol. The third-order valence-corrected chi connectivity index (χ3v) is 2.45. The van der Waals surface area contributed by atoms with Gasteiger partial charge in [0.05, 0.1) is 6.54 Å². The minimum absolute atomic E-state index is 0.145. The van der Waals surface area contributed by atoms with Crippen LogP contribution in [-0.2, 0) is 16.0 Å². The highest BCUT2D eigenvalue weighted by atomic mass is 16.5. The molecule has 0 fully saturated rings. The monoisotopic (exact) mass is 219 g/mol. The van der Waals surface area contributed by atoms with E-state index in [-0.39, 0.29) is 12.0 Å². The summed E-state index contributed by atoms with van der Waals surface area (Å²) in [4.78, 5) is 14.4. The highest BCUT2D eigenvalue weighted by Gasteiger charge is 2.24. The number of carboxylic acids is 1. The van der Waals surface area contributed by atoms with Gasteiger partial charge in [0.2, 0.25) is 0 Å². The Labute approximate surface area is 93.6 Å². The summed E-state index contributed by atoms with van der Waals surface area (Å²) in [5.41, 5.74) is 2.33. The Balaban J connectivity index is 1.96. The molecule has 1 heterocycles. The highest BCUT2D eigenvalue weighted by Crippen LogP contribution is 2.13. The van der Waals surface area contributed by atoms with Crippen LogP contribution in [0.2, 0.25) is 0 Å². The number of hydrogen-bond acceptors (Lipinski definition) is 3. The highest BCUT2D eigenvalue weighted by molar-refractivity contribution is 6.32. The normalized spacial score (nSPS) is 19.1. The average Bonchev–Trinajstić information content (AvgIpc) is 2.66. The van der Waals surface area contributed by atoms with Crippen molar-refractivity contribution < 1.29 is 14.6 Å². The molecule has 16 heavy (non-hydrogen) atoms. The van der Waals surface area contributed by atoms with E-state index in [1.54, 1.807) is 0 Å². The van der Waals surface area contributed by atoms with Crippen LogP contribution in [0.4, 0.5) is 0 Å². The van der Waals surface area contributed by atoms with Crippen LogP contribution in [-0.4, -0.2) is 29.6 Å². The number of rotatable bonds is 3. The molecule has 0 spiro atoms. The number of aliphatic imine (C=N–C) groups is 1. The summed E-state index contributed by atoms with van der Waals surface area (Å²) in [5.74, 6) is -1.26. The average molecular weight is 219 g/mol. The van der Waals surface area contributed by atoms with Gasteiger partial charge in [-0.1, -0.05) is 29.8 Å². The van der Waals surface area contributed by atoms with Crippen LogP contribution in [0.5, 0.6) is 0 Å². The van der Waals surface area contributed by atoms with Crippen LogP contribution in [0.1, 0.15) is 11.1 Å². The van der Waals surface area contributed by atoms with E-state index >= 15 is 0 Å². The second kappa shape index (κ2) is 4.35. The summed E-state index contributed by atoms with van der Waals surface area (Å²) in [7, 11) is 0. The summed E-state index contributed by atoms with van der Waals surface area (Å²) in [6, 6.07) is 8.09. The van der Waals surface area contributed by atoms with Crippen molar-refractivity contribution in [3.63, 3.8) is 0 Å². The summed E-state index contributed by atoms with van der Waals surface area (Å²) >= 11 is 0. The van der Waals surface area contributed by atoms with E-state index in [2.05, 4.69) is 11.1 Å². The largest absolute Gasteiger partial charge is 0.474 e. The lowest BCUT2D eigenvalue weighted by molar-refractivity contribution is -0.131. The molecule has 0 bridgehead atoms. The van der Waals surface area contributed by atoms with Crippen LogP contribution in [0.3, 0.4) is 0 Å². The maximum atomic E-state index is 10.6. The van der Waals surface area contributed by atoms with Gasteiger partial charge in [0.25, 0.3) is 5.90 Å². The smallest absolute Gasteiger partial charge is 0.391 e. The number of benzene rings is 1. The molecule has 0 amide bonds. The molecule has 0 saturated heterocycles. The lowest BCUT2D eigenvalue weighted by Gasteiger charge is -2.10. The van der Waals surface area contributed by atoms with E-state index < -0.39 is 5.97 Å². The van der Waals surface area contributed by atoms with E-state index in [0.29, 0.717) is 13.0 Å². The standard InChI is InChI=1S/C12H13NO3/c1-8-3-2-4-9(5-8)6-10-7-13-11(16-10)12(14)15/h2-5,10H,6-7H2,1H3,(H,14,15). The lowest BCUT2D eigenvalue weighted by atomic mass is 10.1. The quantitative estimate of drug-likeness (QED) is 0.836. The fraction of sp³-hybridized carbons (Fsp3) is 0.333. The van der Waals surface area contributed by atoms with Crippen molar-refractivity contribution in [2.75, 3.05) is 6.54 Å². The molecule has 1 atom stereocenters. The van der Waals surface area contributed by atoms with Crippen molar-refractivity contribution in [1.82, 2.24) is 0 Å². The molecular formula is C12H13NO3. The number of nitrogens with zero attached hydrogens (tertiary/aromatic N) is 1. The number of carbonyl (C=O) groups is 1. The van der Waals surface area contributed by atoms with Gasteiger partial charge in [-0.3, -0.25) is 0 Å². The van der Waals surface area contributed by atoms with Gasteiger partial charge in [0.15, 0.2) is 0 Å². The fourth-order valence-electron chi connectivity index (χ4n) is 1.74. The van der Waals surface area contributed by atoms with Gasteiger partial charge in [0, 0.05) is 6.42 Å². The molecule has 1 aromatic carbocycles. The van der Waals surface area contributed by atoms with Gasteiger partial charge >= 0.3 is 5.97 Å². The van der Waals surface area contributed by atoms with E-state index in [4.69, 9.17) is 9.84 Å². The number of hydrogen-bond donors (Lipinski definition) is 1. The summed E-state index contributed by atoms with van der Waals surface area (Å²) < 4.78 is 5.22. The van der Waals surface area contributed by atoms with Crippen molar-refractivity contribution >= 4 is 11.9 Å². The van der Waals surface area contributed by atoms with Crippen LogP contribution in [0.25, 0.3) is 0 Å². The summed E-state index contributed by atoms with van der Waals surface area (Å²) in [6.07, 6.45) is 0.551. The van der Waals surface area contributed by atoms with Gasteiger partial charge in [-0.15, -0.1) is 0 Å². The SMILES string of the molecule is Cc1cccc(CC2CN=C(C(=O)O)O2)c1. The van der Waals surface area contributed by atoms with E-state index in [9.17, 15) is 4.79 Å². The zero-order valence-corrected chi connectivity index (χ0v) is 9.01. The zero-order valence-electron chi connectivity index (χ0n) is 9.01. The molecule has 0 saturated carbocycles. The number of ether oxygens (including phenoxy) is 1. The van der Waals surface area contributed by atoms with E-state index in [0.717, 1.165) is 5.56 Å². The maximum Gasteiger partial charge on any atom is 0.391 e. The Morgan fingerprint density at radius 1 is 1.62 bits per heavy atom. The molecule has 1 unspecified atom stereocenters. The van der Waals surface area contributed by atoms with Gasteiger partial charge in [-0.05, 0) is 12.5 Å². The van der Waals surface area contributed by atoms with Crippen LogP contribution in [0, 0.1) is 6.92 Å². The van der Waals surface area contributed by atoms with Gasteiger partial charge in [-0.2, -0.15) is 0 Å². The van der Waals surface area contributed by atoms with Gasteiger partial charge in [-0.25, -0.2) is 9.79 Å². The molecule has 84 valence electrons. The minimum Gasteiger partial charge on any atom is -0.474 e.